The van der Waals surface area contributed by atoms with Gasteiger partial charge in [-0.25, -0.2) is 0 Å². The molecule has 0 spiro atoms. The largest absolute Gasteiger partial charge is 0.467 e. The van der Waals surface area contributed by atoms with Crippen LogP contribution in [-0.4, -0.2) is 45.3 Å². The molecular formula is C23H29N5O2S2. The van der Waals surface area contributed by atoms with E-state index in [2.05, 4.69) is 31.9 Å². The van der Waals surface area contributed by atoms with Crippen LogP contribution in [0.15, 0.2) is 57.1 Å². The van der Waals surface area contributed by atoms with Crippen molar-refractivity contribution in [2.24, 2.45) is 5.92 Å². The number of hydrogen-bond acceptors (Lipinski definition) is 7. The van der Waals surface area contributed by atoms with E-state index < -0.39 is 0 Å². The zero-order valence-corrected chi connectivity index (χ0v) is 20.3. The molecule has 0 bridgehead atoms. The molecule has 1 aliphatic heterocycles. The Labute approximate surface area is 197 Å². The van der Waals surface area contributed by atoms with E-state index in [4.69, 9.17) is 4.42 Å². The number of furan rings is 1. The van der Waals surface area contributed by atoms with Crippen molar-refractivity contribution in [3.8, 4) is 0 Å². The van der Waals surface area contributed by atoms with Gasteiger partial charge >= 0.3 is 0 Å². The van der Waals surface area contributed by atoms with Gasteiger partial charge in [-0.05, 0) is 56.2 Å². The predicted octanol–water partition coefficient (Wildman–Crippen LogP) is 5.00. The third-order valence-electron chi connectivity index (χ3n) is 5.67. The van der Waals surface area contributed by atoms with Crippen LogP contribution in [0.1, 0.15) is 32.4 Å². The van der Waals surface area contributed by atoms with Gasteiger partial charge in [0.15, 0.2) is 5.16 Å². The zero-order chi connectivity index (χ0) is 22.5. The van der Waals surface area contributed by atoms with Crippen molar-refractivity contribution < 1.29 is 9.21 Å². The summed E-state index contributed by atoms with van der Waals surface area (Å²) < 4.78 is 7.66. The summed E-state index contributed by atoms with van der Waals surface area (Å²) in [6.45, 7) is 6.65. The van der Waals surface area contributed by atoms with Crippen molar-refractivity contribution in [2.75, 3.05) is 29.6 Å². The number of thioether (sulfide) groups is 2. The minimum absolute atomic E-state index is 0.0580. The Morgan fingerprint density at radius 1 is 1.22 bits per heavy atom. The Kier molecular flexibility index (Phi) is 7.47. The molecule has 1 atom stereocenters. The van der Waals surface area contributed by atoms with Crippen LogP contribution in [0.2, 0.25) is 0 Å². The summed E-state index contributed by atoms with van der Waals surface area (Å²) in [5.74, 6) is 2.35. The van der Waals surface area contributed by atoms with E-state index in [0.29, 0.717) is 6.54 Å². The summed E-state index contributed by atoms with van der Waals surface area (Å²) in [5.41, 5.74) is 0.831. The maximum Gasteiger partial charge on any atom is 0.237 e. The number of amides is 1. The molecule has 170 valence electrons. The Morgan fingerprint density at radius 3 is 2.72 bits per heavy atom. The van der Waals surface area contributed by atoms with E-state index in [1.54, 1.807) is 18.0 Å². The number of carbonyl (C=O) groups excluding carboxylic acids is 1. The second-order valence-electron chi connectivity index (χ2n) is 8.07. The summed E-state index contributed by atoms with van der Waals surface area (Å²) >= 11 is 3.03. The molecule has 7 nitrogen and oxygen atoms in total. The van der Waals surface area contributed by atoms with Crippen LogP contribution in [0.4, 0.5) is 11.6 Å². The fourth-order valence-electron chi connectivity index (χ4n) is 3.70. The van der Waals surface area contributed by atoms with Crippen molar-refractivity contribution >= 4 is 41.1 Å². The first-order chi connectivity index (χ1) is 15.5. The number of hydrogen-bond donors (Lipinski definition) is 1. The van der Waals surface area contributed by atoms with Gasteiger partial charge < -0.3 is 14.6 Å². The number of carbonyl (C=O) groups is 1. The molecule has 1 N–H and O–H groups in total. The average molecular weight is 472 g/mol. The normalized spacial score (nSPS) is 15.7. The summed E-state index contributed by atoms with van der Waals surface area (Å²) in [7, 11) is 0. The molecule has 4 rings (SSSR count). The number of benzene rings is 1. The summed E-state index contributed by atoms with van der Waals surface area (Å²) in [4.78, 5) is 16.3. The Balaban J connectivity index is 1.52. The first-order valence-electron chi connectivity index (χ1n) is 10.9. The van der Waals surface area contributed by atoms with Crippen LogP contribution in [0.25, 0.3) is 0 Å². The minimum atomic E-state index is -0.335. The van der Waals surface area contributed by atoms with Crippen molar-refractivity contribution in [3.05, 3.63) is 48.4 Å². The Hall–Kier alpha value is -2.39. The molecule has 1 unspecified atom stereocenters. The molecule has 2 aromatic heterocycles. The number of piperidine rings is 1. The van der Waals surface area contributed by atoms with E-state index in [-0.39, 0.29) is 11.2 Å². The van der Waals surface area contributed by atoms with Crippen LogP contribution in [0.5, 0.6) is 0 Å². The number of aromatic nitrogens is 3. The van der Waals surface area contributed by atoms with Crippen molar-refractivity contribution in [1.29, 1.82) is 0 Å². The third-order valence-corrected chi connectivity index (χ3v) is 7.55. The fraction of sp³-hybridized carbons (Fsp3) is 0.435. The van der Waals surface area contributed by atoms with Crippen LogP contribution >= 0.6 is 23.5 Å². The molecule has 1 saturated heterocycles. The lowest BCUT2D eigenvalue weighted by molar-refractivity contribution is -0.115. The van der Waals surface area contributed by atoms with E-state index in [1.165, 1.54) is 11.8 Å². The topological polar surface area (TPSA) is 76.2 Å². The van der Waals surface area contributed by atoms with Crippen molar-refractivity contribution in [1.82, 2.24) is 14.8 Å². The second kappa shape index (κ2) is 10.5. The van der Waals surface area contributed by atoms with Crippen LogP contribution in [0, 0.1) is 5.92 Å². The van der Waals surface area contributed by atoms with Gasteiger partial charge in [-0.3, -0.25) is 9.36 Å². The van der Waals surface area contributed by atoms with Crippen LogP contribution < -0.4 is 10.2 Å². The van der Waals surface area contributed by atoms with E-state index in [1.807, 2.05) is 49.6 Å². The van der Waals surface area contributed by atoms with Gasteiger partial charge in [-0.2, -0.15) is 0 Å². The maximum absolute atomic E-state index is 12.9. The third kappa shape index (κ3) is 5.32. The highest BCUT2D eigenvalue weighted by Gasteiger charge is 2.26. The Bertz CT molecular complexity index is 1030. The number of para-hydroxylation sites is 1. The number of nitrogens with one attached hydrogen (secondary N) is 1. The van der Waals surface area contributed by atoms with E-state index >= 15 is 0 Å². The van der Waals surface area contributed by atoms with Gasteiger partial charge in [0.1, 0.15) is 5.76 Å². The highest BCUT2D eigenvalue weighted by Crippen LogP contribution is 2.30. The first-order valence-corrected chi connectivity index (χ1v) is 13.0. The summed E-state index contributed by atoms with van der Waals surface area (Å²) in [6.07, 6.45) is 5.96. The predicted molar refractivity (Wildman–Crippen MR) is 131 cm³/mol. The number of nitrogens with zero attached hydrogens (tertiary/aromatic N) is 4. The lowest BCUT2D eigenvalue weighted by Gasteiger charge is -2.31. The molecule has 0 radical (unpaired) electrons. The highest BCUT2D eigenvalue weighted by molar-refractivity contribution is 8.00. The lowest BCUT2D eigenvalue weighted by atomic mass is 10.00. The zero-order valence-electron chi connectivity index (χ0n) is 18.7. The molecule has 9 heteroatoms. The number of anilines is 2. The second-order valence-corrected chi connectivity index (χ2v) is 10.2. The van der Waals surface area contributed by atoms with Gasteiger partial charge in [-0.1, -0.05) is 30.8 Å². The minimum Gasteiger partial charge on any atom is -0.467 e. The van der Waals surface area contributed by atoms with Gasteiger partial charge in [-0.15, -0.1) is 22.0 Å². The molecule has 3 aromatic rings. The molecule has 1 fully saturated rings. The monoisotopic (exact) mass is 471 g/mol. The smallest absolute Gasteiger partial charge is 0.237 e. The number of rotatable bonds is 8. The standard InChI is InChI=1S/C23H29N5O2S2/c1-16-10-12-27(13-11-16)22-25-26-23(28(22)15-18-7-6-14-30-18)32-17(2)21(29)24-19-8-4-5-9-20(19)31-3/h4-9,14,16-17H,10-13,15H2,1-3H3,(H,24,29). The molecular weight excluding hydrogens is 442 g/mol. The molecule has 1 aromatic carbocycles. The maximum atomic E-state index is 12.9. The Morgan fingerprint density at radius 2 is 2.00 bits per heavy atom. The molecule has 0 saturated carbocycles. The molecule has 1 aliphatic rings. The van der Waals surface area contributed by atoms with Gasteiger partial charge in [0.05, 0.1) is 23.7 Å². The fourth-order valence-corrected chi connectivity index (χ4v) is 5.10. The lowest BCUT2D eigenvalue weighted by Crippen LogP contribution is -2.35. The quantitative estimate of drug-likeness (QED) is 0.464. The molecule has 1 amide bonds. The molecule has 0 aliphatic carbocycles. The summed E-state index contributed by atoms with van der Waals surface area (Å²) in [6, 6.07) is 11.7. The van der Waals surface area contributed by atoms with Crippen molar-refractivity contribution in [2.45, 2.75) is 48.5 Å². The van der Waals surface area contributed by atoms with E-state index in [9.17, 15) is 4.79 Å². The highest BCUT2D eigenvalue weighted by atomic mass is 32.2. The van der Waals surface area contributed by atoms with Crippen molar-refractivity contribution in [3.63, 3.8) is 0 Å². The van der Waals surface area contributed by atoms with Crippen LogP contribution in [0.3, 0.4) is 0 Å². The first kappa shape index (κ1) is 22.8. The SMILES string of the molecule is CSc1ccccc1NC(=O)C(C)Sc1nnc(N2CCC(C)CC2)n1Cc1ccco1. The van der Waals surface area contributed by atoms with Crippen LogP contribution in [-0.2, 0) is 11.3 Å². The van der Waals surface area contributed by atoms with Gasteiger partial charge in [0.25, 0.3) is 0 Å². The van der Waals surface area contributed by atoms with Gasteiger partial charge in [0, 0.05) is 18.0 Å². The summed E-state index contributed by atoms with van der Waals surface area (Å²) in [5, 5.41) is 12.4. The van der Waals surface area contributed by atoms with Gasteiger partial charge in [0.2, 0.25) is 11.9 Å². The molecule has 3 heterocycles. The van der Waals surface area contributed by atoms with E-state index in [0.717, 1.165) is 59.3 Å². The molecule has 32 heavy (non-hydrogen) atoms. The average Bonchev–Trinajstić information content (AvgIpc) is 3.45.